The average molecular weight is 205 g/mol. The van der Waals surface area contributed by atoms with E-state index in [9.17, 15) is 4.79 Å². The number of aromatic nitrogens is 1. The van der Waals surface area contributed by atoms with E-state index in [-0.39, 0.29) is 11.9 Å². The molecule has 0 bridgehead atoms. The van der Waals surface area contributed by atoms with Gasteiger partial charge in [0.25, 0.3) is 0 Å². The molecule has 1 saturated heterocycles. The van der Waals surface area contributed by atoms with Gasteiger partial charge in [-0.15, -0.1) is 0 Å². The standard InChI is InChI=1S/C11H15N3O/c12-11(15)10-2-1-7-14(10)8-9-3-5-13-6-4-9/h3-6,10H,1-2,7-8H2,(H2,12,15)/t10-/m0/s1. The number of nitrogens with zero attached hydrogens (tertiary/aromatic N) is 2. The zero-order chi connectivity index (χ0) is 10.7. The number of likely N-dealkylation sites (tertiary alicyclic amines) is 1. The maximum atomic E-state index is 11.2. The lowest BCUT2D eigenvalue weighted by Crippen LogP contribution is -2.39. The Kier molecular flexibility index (Phi) is 2.97. The molecule has 0 radical (unpaired) electrons. The highest BCUT2D eigenvalue weighted by Gasteiger charge is 2.28. The fourth-order valence-electron chi connectivity index (χ4n) is 2.06. The van der Waals surface area contributed by atoms with Crippen molar-refractivity contribution < 1.29 is 4.79 Å². The van der Waals surface area contributed by atoms with Gasteiger partial charge in [-0.2, -0.15) is 0 Å². The van der Waals surface area contributed by atoms with Crippen molar-refractivity contribution in [3.63, 3.8) is 0 Å². The van der Waals surface area contributed by atoms with Gasteiger partial charge in [-0.25, -0.2) is 0 Å². The zero-order valence-electron chi connectivity index (χ0n) is 8.60. The third-order valence-electron chi connectivity index (χ3n) is 2.83. The molecule has 0 aliphatic carbocycles. The van der Waals surface area contributed by atoms with Crippen LogP contribution in [0.5, 0.6) is 0 Å². The van der Waals surface area contributed by atoms with Gasteiger partial charge in [0.2, 0.25) is 5.91 Å². The van der Waals surface area contributed by atoms with Crippen molar-refractivity contribution in [1.29, 1.82) is 0 Å². The van der Waals surface area contributed by atoms with Crippen LogP contribution in [-0.4, -0.2) is 28.4 Å². The van der Waals surface area contributed by atoms with Crippen LogP contribution in [0.25, 0.3) is 0 Å². The second kappa shape index (κ2) is 4.40. The quantitative estimate of drug-likeness (QED) is 0.783. The van der Waals surface area contributed by atoms with E-state index in [0.717, 1.165) is 25.9 Å². The number of carbonyl (C=O) groups excluding carboxylic acids is 1. The maximum absolute atomic E-state index is 11.2. The minimum Gasteiger partial charge on any atom is -0.368 e. The zero-order valence-corrected chi connectivity index (χ0v) is 8.60. The van der Waals surface area contributed by atoms with Crippen LogP contribution in [0, 0.1) is 0 Å². The van der Waals surface area contributed by atoms with E-state index < -0.39 is 0 Å². The maximum Gasteiger partial charge on any atom is 0.234 e. The number of carbonyl (C=O) groups is 1. The highest BCUT2D eigenvalue weighted by Crippen LogP contribution is 2.19. The summed E-state index contributed by atoms with van der Waals surface area (Å²) in [6, 6.07) is 3.85. The predicted molar refractivity (Wildman–Crippen MR) is 56.9 cm³/mol. The molecular weight excluding hydrogens is 190 g/mol. The molecule has 1 aliphatic heterocycles. The lowest BCUT2D eigenvalue weighted by Gasteiger charge is -2.21. The number of hydrogen-bond donors (Lipinski definition) is 1. The van der Waals surface area contributed by atoms with Gasteiger partial charge in [0.15, 0.2) is 0 Å². The SMILES string of the molecule is NC(=O)[C@@H]1CCCN1Cc1ccncc1. The minimum atomic E-state index is -0.207. The molecule has 0 aromatic carbocycles. The topological polar surface area (TPSA) is 59.2 Å². The summed E-state index contributed by atoms with van der Waals surface area (Å²) in [5.74, 6) is -0.207. The molecule has 2 rings (SSSR count). The van der Waals surface area contributed by atoms with Crippen LogP contribution in [0.4, 0.5) is 0 Å². The summed E-state index contributed by atoms with van der Waals surface area (Å²) in [5, 5.41) is 0. The first-order valence-corrected chi connectivity index (χ1v) is 5.19. The van der Waals surface area contributed by atoms with Crippen LogP contribution < -0.4 is 5.73 Å². The van der Waals surface area contributed by atoms with Gasteiger partial charge in [-0.05, 0) is 37.1 Å². The molecule has 1 atom stereocenters. The Morgan fingerprint density at radius 3 is 2.93 bits per heavy atom. The highest BCUT2D eigenvalue weighted by atomic mass is 16.1. The van der Waals surface area contributed by atoms with Gasteiger partial charge in [-0.1, -0.05) is 0 Å². The number of hydrogen-bond acceptors (Lipinski definition) is 3. The molecule has 1 aromatic heterocycles. The molecule has 1 fully saturated rings. The molecule has 4 heteroatoms. The fraction of sp³-hybridized carbons (Fsp3) is 0.455. The van der Waals surface area contributed by atoms with Crippen molar-refractivity contribution in [1.82, 2.24) is 9.88 Å². The van der Waals surface area contributed by atoms with Crippen LogP contribution in [0.15, 0.2) is 24.5 Å². The Labute approximate surface area is 89.1 Å². The summed E-state index contributed by atoms with van der Waals surface area (Å²) >= 11 is 0. The third kappa shape index (κ3) is 2.33. The van der Waals surface area contributed by atoms with Gasteiger partial charge in [0.1, 0.15) is 0 Å². The molecule has 1 aliphatic rings. The Morgan fingerprint density at radius 1 is 1.53 bits per heavy atom. The summed E-state index contributed by atoms with van der Waals surface area (Å²) in [4.78, 5) is 17.3. The summed E-state index contributed by atoms with van der Waals surface area (Å²) in [6.07, 6.45) is 5.48. The van der Waals surface area contributed by atoms with Gasteiger partial charge in [0.05, 0.1) is 6.04 Å². The monoisotopic (exact) mass is 205 g/mol. The van der Waals surface area contributed by atoms with Crippen LogP contribution in [-0.2, 0) is 11.3 Å². The molecule has 0 unspecified atom stereocenters. The largest absolute Gasteiger partial charge is 0.368 e. The molecule has 1 amide bonds. The van der Waals surface area contributed by atoms with E-state index in [1.807, 2.05) is 12.1 Å². The smallest absolute Gasteiger partial charge is 0.234 e. The summed E-state index contributed by atoms with van der Waals surface area (Å²) in [5.41, 5.74) is 6.53. The first-order chi connectivity index (χ1) is 7.27. The Bertz CT molecular complexity index is 339. The molecule has 80 valence electrons. The Morgan fingerprint density at radius 2 is 2.27 bits per heavy atom. The van der Waals surface area contributed by atoms with E-state index in [2.05, 4.69) is 9.88 Å². The molecule has 4 nitrogen and oxygen atoms in total. The molecule has 2 heterocycles. The van der Waals surface area contributed by atoms with Crippen LogP contribution in [0.3, 0.4) is 0 Å². The minimum absolute atomic E-state index is 0.0850. The lowest BCUT2D eigenvalue weighted by atomic mass is 10.2. The summed E-state index contributed by atoms with van der Waals surface area (Å²) in [6.45, 7) is 1.74. The van der Waals surface area contributed by atoms with Crippen LogP contribution in [0.1, 0.15) is 18.4 Å². The van der Waals surface area contributed by atoms with Gasteiger partial charge >= 0.3 is 0 Å². The molecular formula is C11H15N3O. The van der Waals surface area contributed by atoms with E-state index >= 15 is 0 Å². The first-order valence-electron chi connectivity index (χ1n) is 5.19. The second-order valence-electron chi connectivity index (χ2n) is 3.89. The van der Waals surface area contributed by atoms with E-state index in [1.54, 1.807) is 12.4 Å². The highest BCUT2D eigenvalue weighted by molar-refractivity contribution is 5.80. The normalized spacial score (nSPS) is 21.7. The molecule has 15 heavy (non-hydrogen) atoms. The third-order valence-corrected chi connectivity index (χ3v) is 2.83. The van der Waals surface area contributed by atoms with E-state index in [0.29, 0.717) is 0 Å². The van der Waals surface area contributed by atoms with Gasteiger partial charge < -0.3 is 5.73 Å². The number of pyridine rings is 1. The van der Waals surface area contributed by atoms with Crippen molar-refractivity contribution in [2.24, 2.45) is 5.73 Å². The summed E-state index contributed by atoms with van der Waals surface area (Å²) < 4.78 is 0. The average Bonchev–Trinajstić information content (AvgIpc) is 2.67. The van der Waals surface area contributed by atoms with E-state index in [4.69, 9.17) is 5.73 Å². The number of rotatable bonds is 3. The van der Waals surface area contributed by atoms with Gasteiger partial charge in [-0.3, -0.25) is 14.7 Å². The van der Waals surface area contributed by atoms with Crippen molar-refractivity contribution >= 4 is 5.91 Å². The Balaban J connectivity index is 2.03. The number of primary amides is 1. The molecule has 0 saturated carbocycles. The van der Waals surface area contributed by atoms with Crippen molar-refractivity contribution in [3.05, 3.63) is 30.1 Å². The van der Waals surface area contributed by atoms with Crippen molar-refractivity contribution in [2.45, 2.75) is 25.4 Å². The first kappa shape index (κ1) is 10.1. The van der Waals surface area contributed by atoms with Crippen molar-refractivity contribution in [2.75, 3.05) is 6.54 Å². The van der Waals surface area contributed by atoms with Crippen LogP contribution in [0.2, 0.25) is 0 Å². The summed E-state index contributed by atoms with van der Waals surface area (Å²) in [7, 11) is 0. The number of amides is 1. The molecule has 0 spiro atoms. The second-order valence-corrected chi connectivity index (χ2v) is 3.89. The molecule has 2 N–H and O–H groups in total. The Hall–Kier alpha value is -1.42. The van der Waals surface area contributed by atoms with Crippen molar-refractivity contribution in [3.8, 4) is 0 Å². The van der Waals surface area contributed by atoms with E-state index in [1.165, 1.54) is 5.56 Å². The van der Waals surface area contributed by atoms with Crippen LogP contribution >= 0.6 is 0 Å². The predicted octanol–water partition coefficient (Wildman–Crippen LogP) is 0.531. The number of nitrogens with two attached hydrogens (primary N) is 1. The molecule has 1 aromatic rings. The fourth-order valence-corrected chi connectivity index (χ4v) is 2.06. The lowest BCUT2D eigenvalue weighted by molar-refractivity contribution is -0.122. The van der Waals surface area contributed by atoms with Gasteiger partial charge in [0, 0.05) is 18.9 Å².